The van der Waals surface area contributed by atoms with Gasteiger partial charge in [-0.15, -0.1) is 0 Å². The quantitative estimate of drug-likeness (QED) is 0.704. The van der Waals surface area contributed by atoms with Crippen molar-refractivity contribution in [3.63, 3.8) is 0 Å². The number of halogens is 1. The van der Waals surface area contributed by atoms with E-state index in [4.69, 9.17) is 0 Å². The van der Waals surface area contributed by atoms with E-state index in [1.807, 2.05) is 0 Å². The first-order chi connectivity index (χ1) is 7.02. The third kappa shape index (κ3) is 1.35. The van der Waals surface area contributed by atoms with Crippen LogP contribution in [0.4, 0.5) is 0 Å². The van der Waals surface area contributed by atoms with Crippen LogP contribution in [0.5, 0.6) is 5.75 Å². The molecule has 2 rings (SSSR count). The van der Waals surface area contributed by atoms with Gasteiger partial charge in [-0.3, -0.25) is 9.59 Å². The smallest absolute Gasteiger partial charge is 0.233 e. The second-order valence-corrected chi connectivity index (χ2v) is 3.90. The monoisotopic (exact) mass is 268 g/mol. The van der Waals surface area contributed by atoms with Crippen molar-refractivity contribution in [1.29, 1.82) is 0 Å². The molecule has 0 aromatic heterocycles. The zero-order valence-corrected chi connectivity index (χ0v) is 8.91. The maximum atomic E-state index is 11.4. The van der Waals surface area contributed by atoms with Crippen molar-refractivity contribution in [3.8, 4) is 5.75 Å². The van der Waals surface area contributed by atoms with Crippen molar-refractivity contribution in [2.24, 2.45) is 0 Å². The summed E-state index contributed by atoms with van der Waals surface area (Å²) < 4.78 is 0.350. The third-order valence-corrected chi connectivity index (χ3v) is 2.76. The molecule has 1 aromatic rings. The normalized spacial score (nSPS) is 14.9. The molecule has 0 spiro atoms. The molecule has 2 N–H and O–H groups in total. The standard InChI is InChI=1S/C10H5BrO4/c11-5-2-1-4-8(10(5)15)6(12)3-7(13)9(4)14/h1-3,12,15H. The number of hydrogen-bond acceptors (Lipinski definition) is 4. The van der Waals surface area contributed by atoms with Gasteiger partial charge in [-0.05, 0) is 28.1 Å². The van der Waals surface area contributed by atoms with Gasteiger partial charge in [0.2, 0.25) is 11.6 Å². The van der Waals surface area contributed by atoms with E-state index in [2.05, 4.69) is 15.9 Å². The van der Waals surface area contributed by atoms with Gasteiger partial charge in [0.1, 0.15) is 11.5 Å². The minimum absolute atomic E-state index is 0.00558. The summed E-state index contributed by atoms with van der Waals surface area (Å²) in [6.45, 7) is 0. The number of carbonyl (C=O) groups is 2. The van der Waals surface area contributed by atoms with Crippen LogP contribution in [-0.2, 0) is 4.79 Å². The maximum Gasteiger partial charge on any atom is 0.233 e. The minimum atomic E-state index is -0.790. The van der Waals surface area contributed by atoms with E-state index in [1.165, 1.54) is 12.1 Å². The highest BCUT2D eigenvalue weighted by atomic mass is 79.9. The number of ketones is 2. The van der Waals surface area contributed by atoms with Gasteiger partial charge < -0.3 is 10.2 Å². The SMILES string of the molecule is O=C1C=C(O)c2c(ccc(Br)c2O)C1=O. The number of fused-ring (bicyclic) bond motifs is 1. The molecular weight excluding hydrogens is 264 g/mol. The molecule has 0 bridgehead atoms. The molecule has 1 aliphatic carbocycles. The minimum Gasteiger partial charge on any atom is -0.507 e. The summed E-state index contributed by atoms with van der Waals surface area (Å²) in [5, 5.41) is 19.1. The van der Waals surface area contributed by atoms with Gasteiger partial charge in [0.05, 0.1) is 10.0 Å². The van der Waals surface area contributed by atoms with E-state index < -0.39 is 17.3 Å². The van der Waals surface area contributed by atoms with Crippen LogP contribution in [0.25, 0.3) is 5.76 Å². The summed E-state index contributed by atoms with van der Waals surface area (Å²) in [6, 6.07) is 2.82. The summed E-state index contributed by atoms with van der Waals surface area (Å²) >= 11 is 3.05. The largest absolute Gasteiger partial charge is 0.507 e. The second kappa shape index (κ2) is 3.20. The molecule has 0 heterocycles. The van der Waals surface area contributed by atoms with E-state index in [0.717, 1.165) is 6.08 Å². The number of phenolic OH excluding ortho intramolecular Hbond substituents is 1. The highest BCUT2D eigenvalue weighted by Crippen LogP contribution is 2.36. The fourth-order valence-corrected chi connectivity index (χ4v) is 1.74. The predicted molar refractivity (Wildman–Crippen MR) is 55.8 cm³/mol. The molecule has 5 heteroatoms. The topological polar surface area (TPSA) is 74.6 Å². The number of carbonyl (C=O) groups excluding carboxylic acids is 2. The van der Waals surface area contributed by atoms with Crippen molar-refractivity contribution < 1.29 is 19.8 Å². The molecule has 0 fully saturated rings. The Bertz CT molecular complexity index is 516. The fraction of sp³-hybridized carbons (Fsp3) is 0. The zero-order chi connectivity index (χ0) is 11.2. The van der Waals surface area contributed by atoms with Crippen molar-refractivity contribution in [1.82, 2.24) is 0 Å². The molecule has 0 radical (unpaired) electrons. The Kier molecular flexibility index (Phi) is 2.12. The Hall–Kier alpha value is -1.62. The first kappa shape index (κ1) is 9.92. The molecule has 0 saturated carbocycles. The predicted octanol–water partition coefficient (Wildman–Crippen LogP) is 1.82. The number of aliphatic hydroxyl groups excluding tert-OH is 1. The summed E-state index contributed by atoms with van der Waals surface area (Å²) in [5.74, 6) is -2.16. The molecule has 1 aliphatic rings. The molecule has 0 amide bonds. The van der Waals surface area contributed by atoms with E-state index in [1.54, 1.807) is 0 Å². The molecule has 76 valence electrons. The molecule has 0 unspecified atom stereocenters. The highest BCUT2D eigenvalue weighted by Gasteiger charge is 2.28. The third-order valence-electron chi connectivity index (χ3n) is 2.12. The van der Waals surface area contributed by atoms with Crippen LogP contribution in [0, 0.1) is 0 Å². The van der Waals surface area contributed by atoms with Crippen LogP contribution >= 0.6 is 15.9 Å². The van der Waals surface area contributed by atoms with Gasteiger partial charge in [0.25, 0.3) is 0 Å². The number of rotatable bonds is 0. The summed E-state index contributed by atoms with van der Waals surface area (Å²) in [4.78, 5) is 22.5. The first-order valence-corrected chi connectivity index (χ1v) is 4.83. The first-order valence-electron chi connectivity index (χ1n) is 4.03. The maximum absolute atomic E-state index is 11.4. The van der Waals surface area contributed by atoms with Crippen molar-refractivity contribution in [2.75, 3.05) is 0 Å². The molecule has 15 heavy (non-hydrogen) atoms. The van der Waals surface area contributed by atoms with Crippen LogP contribution < -0.4 is 0 Å². The molecule has 0 saturated heterocycles. The number of benzene rings is 1. The molecule has 0 atom stereocenters. The van der Waals surface area contributed by atoms with Gasteiger partial charge in [0.15, 0.2) is 0 Å². The number of phenols is 1. The van der Waals surface area contributed by atoms with Crippen LogP contribution in [0.3, 0.4) is 0 Å². The number of aromatic hydroxyl groups is 1. The summed E-state index contributed by atoms with van der Waals surface area (Å²) in [7, 11) is 0. The van der Waals surface area contributed by atoms with Crippen molar-refractivity contribution in [2.45, 2.75) is 0 Å². The fourth-order valence-electron chi connectivity index (χ4n) is 1.41. The van der Waals surface area contributed by atoms with Crippen LogP contribution in [0.1, 0.15) is 15.9 Å². The average Bonchev–Trinajstić information content (AvgIpc) is 2.18. The van der Waals surface area contributed by atoms with E-state index in [9.17, 15) is 19.8 Å². The summed E-state index contributed by atoms with van der Waals surface area (Å²) in [6.07, 6.45) is 0.802. The Morgan fingerprint density at radius 3 is 2.47 bits per heavy atom. The van der Waals surface area contributed by atoms with E-state index in [0.29, 0.717) is 4.47 Å². The molecule has 4 nitrogen and oxygen atoms in total. The van der Waals surface area contributed by atoms with Crippen molar-refractivity contribution in [3.05, 3.63) is 33.8 Å². The Morgan fingerprint density at radius 1 is 1.13 bits per heavy atom. The second-order valence-electron chi connectivity index (χ2n) is 3.04. The highest BCUT2D eigenvalue weighted by molar-refractivity contribution is 9.10. The van der Waals surface area contributed by atoms with Crippen LogP contribution in [-0.4, -0.2) is 21.8 Å². The Labute approximate surface area is 93.0 Å². The zero-order valence-electron chi connectivity index (χ0n) is 7.32. The van der Waals surface area contributed by atoms with Crippen molar-refractivity contribution >= 4 is 33.3 Å². The van der Waals surface area contributed by atoms with Gasteiger partial charge in [0, 0.05) is 11.6 Å². The Balaban J connectivity index is 2.81. The van der Waals surface area contributed by atoms with Gasteiger partial charge in [-0.2, -0.15) is 0 Å². The lowest BCUT2D eigenvalue weighted by atomic mass is 9.93. The molecule has 0 aliphatic heterocycles. The number of hydrogen-bond donors (Lipinski definition) is 2. The van der Waals surface area contributed by atoms with Gasteiger partial charge in [-0.1, -0.05) is 0 Å². The lowest BCUT2D eigenvalue weighted by Gasteiger charge is -2.13. The Morgan fingerprint density at radius 2 is 1.80 bits per heavy atom. The molecule has 1 aromatic carbocycles. The van der Waals surface area contributed by atoms with Gasteiger partial charge in [-0.25, -0.2) is 0 Å². The lowest BCUT2D eigenvalue weighted by molar-refractivity contribution is -0.111. The summed E-state index contributed by atoms with van der Waals surface area (Å²) in [5.41, 5.74) is 0.00896. The average molecular weight is 269 g/mol. The lowest BCUT2D eigenvalue weighted by Crippen LogP contribution is -2.18. The van der Waals surface area contributed by atoms with Crippen LogP contribution in [0.15, 0.2) is 22.7 Å². The van der Waals surface area contributed by atoms with E-state index in [-0.39, 0.29) is 16.9 Å². The number of Topliss-reactive ketones (excluding diaryl/α,β-unsaturated/α-hetero) is 1. The number of allylic oxidation sites excluding steroid dienone is 1. The van der Waals surface area contributed by atoms with E-state index >= 15 is 0 Å². The van der Waals surface area contributed by atoms with Crippen LogP contribution in [0.2, 0.25) is 0 Å². The van der Waals surface area contributed by atoms with Gasteiger partial charge >= 0.3 is 0 Å². The number of aliphatic hydroxyl groups is 1. The molecular formula is C10H5BrO4.